The first-order chi connectivity index (χ1) is 7.80. The van der Waals surface area contributed by atoms with Crippen LogP contribution in [0.15, 0.2) is 4.52 Å². The van der Waals surface area contributed by atoms with Crippen molar-refractivity contribution in [2.45, 2.75) is 46.4 Å². The summed E-state index contributed by atoms with van der Waals surface area (Å²) < 4.78 is 5.21. The largest absolute Gasteiger partial charge is 0.338 e. The van der Waals surface area contributed by atoms with Gasteiger partial charge in [-0.05, 0) is 17.1 Å². The lowest BCUT2D eigenvalue weighted by Gasteiger charge is -2.23. The summed E-state index contributed by atoms with van der Waals surface area (Å²) in [5, 5.41) is 3.96. The summed E-state index contributed by atoms with van der Waals surface area (Å²) in [6.45, 7) is 10.6. The zero-order valence-electron chi connectivity index (χ0n) is 11.4. The third-order valence-corrected chi connectivity index (χ3v) is 3.73. The topological polar surface area (TPSA) is 64.9 Å². The zero-order chi connectivity index (χ0) is 13.1. The molecule has 0 spiro atoms. The molecule has 0 fully saturated rings. The van der Waals surface area contributed by atoms with Crippen LogP contribution in [0.3, 0.4) is 0 Å². The van der Waals surface area contributed by atoms with Gasteiger partial charge in [-0.15, -0.1) is 0 Å². The fraction of sp³-hybridized carbons (Fsp3) is 0.833. The van der Waals surface area contributed by atoms with Gasteiger partial charge in [0.05, 0.1) is 11.8 Å². The third kappa shape index (κ3) is 4.68. The van der Waals surface area contributed by atoms with E-state index in [9.17, 15) is 0 Å². The molecular formula is C12H23N3OS. The second-order valence-corrected chi connectivity index (χ2v) is 6.83. The van der Waals surface area contributed by atoms with Crippen molar-refractivity contribution in [3.63, 3.8) is 0 Å². The van der Waals surface area contributed by atoms with E-state index in [-0.39, 0.29) is 11.5 Å². The van der Waals surface area contributed by atoms with Gasteiger partial charge in [-0.1, -0.05) is 39.8 Å². The lowest BCUT2D eigenvalue weighted by Crippen LogP contribution is -2.26. The van der Waals surface area contributed by atoms with E-state index in [1.807, 2.05) is 11.8 Å². The molecule has 2 N–H and O–H groups in total. The predicted molar refractivity (Wildman–Crippen MR) is 71.7 cm³/mol. The average Bonchev–Trinajstić information content (AvgIpc) is 2.63. The van der Waals surface area contributed by atoms with Crippen molar-refractivity contribution in [2.24, 2.45) is 17.1 Å². The minimum atomic E-state index is -0.209. The number of hydrogen-bond donors (Lipinski definition) is 1. The molecule has 0 aromatic carbocycles. The molecule has 5 heteroatoms. The lowest BCUT2D eigenvalue weighted by molar-refractivity contribution is 0.252. The molecule has 0 saturated carbocycles. The molecule has 0 aliphatic rings. The zero-order valence-corrected chi connectivity index (χ0v) is 12.2. The highest BCUT2D eigenvalue weighted by molar-refractivity contribution is 7.98. The van der Waals surface area contributed by atoms with Crippen LogP contribution in [0.2, 0.25) is 0 Å². The van der Waals surface area contributed by atoms with E-state index in [0.717, 1.165) is 17.3 Å². The fourth-order valence-electron chi connectivity index (χ4n) is 1.21. The summed E-state index contributed by atoms with van der Waals surface area (Å²) in [6, 6.07) is -0.209. The maximum absolute atomic E-state index is 6.06. The first-order valence-corrected chi connectivity index (χ1v) is 7.12. The van der Waals surface area contributed by atoms with Crippen molar-refractivity contribution in [2.75, 3.05) is 5.75 Å². The molecule has 0 unspecified atom stereocenters. The maximum Gasteiger partial charge on any atom is 0.244 e. The summed E-state index contributed by atoms with van der Waals surface area (Å²) in [4.78, 5) is 4.35. The van der Waals surface area contributed by atoms with Gasteiger partial charge in [-0.3, -0.25) is 0 Å². The Hall–Kier alpha value is -0.550. The summed E-state index contributed by atoms with van der Waals surface area (Å²) in [5.74, 6) is 3.86. The molecule has 0 aliphatic heterocycles. The van der Waals surface area contributed by atoms with Crippen LogP contribution in [0, 0.1) is 11.3 Å². The van der Waals surface area contributed by atoms with Gasteiger partial charge in [0.25, 0.3) is 0 Å². The van der Waals surface area contributed by atoms with Gasteiger partial charge in [0.1, 0.15) is 0 Å². The molecule has 1 heterocycles. The van der Waals surface area contributed by atoms with E-state index in [2.05, 4.69) is 44.8 Å². The smallest absolute Gasteiger partial charge is 0.244 e. The second-order valence-electron chi connectivity index (χ2n) is 5.80. The van der Waals surface area contributed by atoms with Gasteiger partial charge in [-0.25, -0.2) is 0 Å². The average molecular weight is 257 g/mol. The quantitative estimate of drug-likeness (QED) is 0.878. The number of nitrogens with zero attached hydrogens (tertiary/aromatic N) is 2. The minimum absolute atomic E-state index is 0.0606. The summed E-state index contributed by atoms with van der Waals surface area (Å²) >= 11 is 1.82. The van der Waals surface area contributed by atoms with Crippen molar-refractivity contribution in [1.29, 1.82) is 0 Å². The normalized spacial score (nSPS) is 14.3. The molecule has 1 rings (SSSR count). The Morgan fingerprint density at radius 1 is 1.35 bits per heavy atom. The Morgan fingerprint density at radius 3 is 2.53 bits per heavy atom. The molecule has 0 amide bonds. The first-order valence-electron chi connectivity index (χ1n) is 5.96. The SMILES string of the molecule is CC(C)CSCc1noc([C@@H](N)C(C)(C)C)n1. The molecular weight excluding hydrogens is 234 g/mol. The van der Waals surface area contributed by atoms with Crippen molar-refractivity contribution in [1.82, 2.24) is 10.1 Å². The Labute approximate surface area is 108 Å². The highest BCUT2D eigenvalue weighted by Crippen LogP contribution is 2.29. The van der Waals surface area contributed by atoms with E-state index in [1.54, 1.807) is 0 Å². The van der Waals surface area contributed by atoms with E-state index in [0.29, 0.717) is 11.8 Å². The summed E-state index contributed by atoms with van der Waals surface area (Å²) in [5.41, 5.74) is 6.00. The van der Waals surface area contributed by atoms with Crippen LogP contribution in [0.4, 0.5) is 0 Å². The molecule has 0 aliphatic carbocycles. The molecule has 0 saturated heterocycles. The maximum atomic E-state index is 6.06. The Bertz CT molecular complexity index is 344. The van der Waals surface area contributed by atoms with E-state index in [1.165, 1.54) is 0 Å². The Morgan fingerprint density at radius 2 is 2.00 bits per heavy atom. The highest BCUT2D eigenvalue weighted by atomic mass is 32.2. The van der Waals surface area contributed by atoms with Gasteiger partial charge < -0.3 is 10.3 Å². The standard InChI is InChI=1S/C12H23N3OS/c1-8(2)6-17-7-9-14-11(16-15-9)10(13)12(3,4)5/h8,10H,6-7,13H2,1-5H3/t10-/m1/s1. The van der Waals surface area contributed by atoms with Gasteiger partial charge in [0, 0.05) is 0 Å². The molecule has 0 radical (unpaired) electrons. The monoisotopic (exact) mass is 257 g/mol. The summed E-state index contributed by atoms with van der Waals surface area (Å²) in [7, 11) is 0. The van der Waals surface area contributed by atoms with Gasteiger partial charge in [0.15, 0.2) is 5.82 Å². The molecule has 0 bridgehead atoms. The summed E-state index contributed by atoms with van der Waals surface area (Å²) in [6.07, 6.45) is 0. The number of aromatic nitrogens is 2. The van der Waals surface area contributed by atoms with Crippen molar-refractivity contribution >= 4 is 11.8 Å². The molecule has 1 aromatic rings. The van der Waals surface area contributed by atoms with Crippen molar-refractivity contribution < 1.29 is 4.52 Å². The minimum Gasteiger partial charge on any atom is -0.338 e. The van der Waals surface area contributed by atoms with Gasteiger partial charge in [-0.2, -0.15) is 16.7 Å². The van der Waals surface area contributed by atoms with Crippen molar-refractivity contribution in [3.8, 4) is 0 Å². The van der Waals surface area contributed by atoms with Crippen LogP contribution in [0.5, 0.6) is 0 Å². The lowest BCUT2D eigenvalue weighted by atomic mass is 9.87. The van der Waals surface area contributed by atoms with Gasteiger partial charge >= 0.3 is 0 Å². The second kappa shape index (κ2) is 5.87. The number of rotatable bonds is 5. The Kier molecular flexibility index (Phi) is 5.01. The van der Waals surface area contributed by atoms with Crippen molar-refractivity contribution in [3.05, 3.63) is 11.7 Å². The molecule has 17 heavy (non-hydrogen) atoms. The predicted octanol–water partition coefficient (Wildman–Crippen LogP) is 3.00. The van der Waals surface area contributed by atoms with E-state index in [4.69, 9.17) is 10.3 Å². The van der Waals surface area contributed by atoms with E-state index < -0.39 is 0 Å². The molecule has 1 aromatic heterocycles. The fourth-order valence-corrected chi connectivity index (χ4v) is 2.10. The number of nitrogens with two attached hydrogens (primary N) is 1. The molecule has 4 nitrogen and oxygen atoms in total. The van der Waals surface area contributed by atoms with Crippen LogP contribution >= 0.6 is 11.8 Å². The molecule has 98 valence electrons. The van der Waals surface area contributed by atoms with Crippen LogP contribution in [0.25, 0.3) is 0 Å². The first kappa shape index (κ1) is 14.5. The molecule has 1 atom stereocenters. The number of hydrogen-bond acceptors (Lipinski definition) is 5. The highest BCUT2D eigenvalue weighted by Gasteiger charge is 2.27. The Balaban J connectivity index is 2.54. The van der Waals surface area contributed by atoms with E-state index >= 15 is 0 Å². The van der Waals surface area contributed by atoms with Crippen LogP contribution < -0.4 is 5.73 Å². The van der Waals surface area contributed by atoms with Crippen LogP contribution in [-0.4, -0.2) is 15.9 Å². The van der Waals surface area contributed by atoms with Gasteiger partial charge in [0.2, 0.25) is 5.89 Å². The van der Waals surface area contributed by atoms with Crippen LogP contribution in [0.1, 0.15) is 52.4 Å². The number of thioether (sulfide) groups is 1. The van der Waals surface area contributed by atoms with Crippen LogP contribution in [-0.2, 0) is 5.75 Å². The third-order valence-electron chi connectivity index (χ3n) is 2.37.